The van der Waals surface area contributed by atoms with Gasteiger partial charge in [0.15, 0.2) is 0 Å². The van der Waals surface area contributed by atoms with Crippen molar-refractivity contribution in [1.29, 1.82) is 0 Å². The molecule has 3 aromatic carbocycles. The molecule has 0 spiro atoms. The third kappa shape index (κ3) is 1.87. The molecule has 3 nitrogen and oxygen atoms in total. The highest BCUT2D eigenvalue weighted by Crippen LogP contribution is 2.30. The summed E-state index contributed by atoms with van der Waals surface area (Å²) in [5.74, 6) is 0. The number of nitrogens with one attached hydrogen (secondary N) is 1. The van der Waals surface area contributed by atoms with Crippen molar-refractivity contribution in [1.82, 2.24) is 5.32 Å². The zero-order valence-corrected chi connectivity index (χ0v) is 12.4. The van der Waals surface area contributed by atoms with Crippen LogP contribution in [0.4, 0.5) is 0 Å². The van der Waals surface area contributed by atoms with Gasteiger partial charge in [-0.3, -0.25) is 4.99 Å². The number of hydrogen-bond acceptors (Lipinski definition) is 3. The smallest absolute Gasteiger partial charge is 0.135 e. The fourth-order valence-corrected chi connectivity index (χ4v) is 3.26. The Hall–Kier alpha value is -3.07. The van der Waals surface area contributed by atoms with Crippen LogP contribution in [0.5, 0.6) is 0 Å². The van der Waals surface area contributed by atoms with Crippen molar-refractivity contribution in [2.24, 2.45) is 4.99 Å². The maximum absolute atomic E-state index is 5.92. The zero-order chi connectivity index (χ0) is 15.2. The molecule has 0 fully saturated rings. The molecule has 23 heavy (non-hydrogen) atoms. The molecule has 0 atom stereocenters. The Balaban J connectivity index is 1.85. The van der Waals surface area contributed by atoms with E-state index < -0.39 is 0 Å². The summed E-state index contributed by atoms with van der Waals surface area (Å²) in [4.78, 5) is 4.52. The normalized spacial score (nSPS) is 13.7. The second kappa shape index (κ2) is 4.71. The molecule has 0 unspecified atom stereocenters. The fraction of sp³-hybridized carbons (Fsp3) is 0.0500. The molecule has 0 radical (unpaired) electrons. The van der Waals surface area contributed by atoms with Crippen molar-refractivity contribution >= 4 is 27.6 Å². The minimum absolute atomic E-state index is 0.608. The first-order chi connectivity index (χ1) is 11.4. The lowest BCUT2D eigenvalue weighted by Crippen LogP contribution is -2.37. The molecule has 1 N–H and O–H groups in total. The van der Waals surface area contributed by atoms with Gasteiger partial charge in [-0.2, -0.15) is 0 Å². The Morgan fingerprint density at radius 1 is 0.826 bits per heavy atom. The molecule has 1 aliphatic rings. The van der Waals surface area contributed by atoms with Gasteiger partial charge in [0.2, 0.25) is 0 Å². The molecule has 1 aliphatic heterocycles. The lowest BCUT2D eigenvalue weighted by molar-refractivity contribution is 0.669. The third-order valence-corrected chi connectivity index (χ3v) is 4.34. The van der Waals surface area contributed by atoms with E-state index in [1.165, 1.54) is 0 Å². The van der Waals surface area contributed by atoms with E-state index >= 15 is 0 Å². The Kier molecular flexibility index (Phi) is 2.56. The van der Waals surface area contributed by atoms with Crippen LogP contribution in [0.2, 0.25) is 0 Å². The Morgan fingerprint density at radius 2 is 1.65 bits per heavy atom. The van der Waals surface area contributed by atoms with E-state index in [1.807, 2.05) is 36.4 Å². The van der Waals surface area contributed by atoms with Gasteiger partial charge in [0.25, 0.3) is 0 Å². The molecule has 2 heterocycles. The van der Waals surface area contributed by atoms with Crippen molar-refractivity contribution < 1.29 is 4.42 Å². The molecular weight excluding hydrogens is 284 g/mol. The summed E-state index contributed by atoms with van der Waals surface area (Å²) < 4.78 is 5.92. The van der Waals surface area contributed by atoms with E-state index in [-0.39, 0.29) is 0 Å². The standard InChI is InChI=1S/C20H14N2O/c1-3-7-17-15(6-1)20(22-12-21-17)13-9-10-19-16(11-13)14-5-2-4-8-18(14)23-19/h1-11,22H,12H2. The second-order valence-corrected chi connectivity index (χ2v) is 5.69. The number of furan rings is 1. The van der Waals surface area contributed by atoms with Crippen molar-refractivity contribution in [3.05, 3.63) is 82.9 Å². The highest BCUT2D eigenvalue weighted by atomic mass is 16.3. The minimum atomic E-state index is 0.608. The Bertz CT molecular complexity index is 1170. The lowest BCUT2D eigenvalue weighted by Gasteiger charge is -2.13. The fourth-order valence-electron chi connectivity index (χ4n) is 3.26. The van der Waals surface area contributed by atoms with Gasteiger partial charge in [-0.15, -0.1) is 0 Å². The molecule has 110 valence electrons. The summed E-state index contributed by atoms with van der Waals surface area (Å²) in [6.07, 6.45) is 0. The quantitative estimate of drug-likeness (QED) is 0.587. The van der Waals surface area contributed by atoms with Crippen LogP contribution in [-0.2, 0) is 0 Å². The van der Waals surface area contributed by atoms with Crippen molar-refractivity contribution in [3.8, 4) is 0 Å². The first kappa shape index (κ1) is 12.5. The molecule has 0 saturated heterocycles. The summed E-state index contributed by atoms with van der Waals surface area (Å²) in [6, 6.07) is 22.8. The summed E-state index contributed by atoms with van der Waals surface area (Å²) in [5, 5.41) is 7.90. The van der Waals surface area contributed by atoms with Crippen LogP contribution < -0.4 is 15.9 Å². The summed E-state index contributed by atoms with van der Waals surface area (Å²) >= 11 is 0. The van der Waals surface area contributed by atoms with Crippen molar-refractivity contribution in [3.63, 3.8) is 0 Å². The molecule has 1 aromatic heterocycles. The van der Waals surface area contributed by atoms with Crippen LogP contribution in [0, 0.1) is 0 Å². The van der Waals surface area contributed by atoms with Gasteiger partial charge < -0.3 is 9.73 Å². The number of para-hydroxylation sites is 2. The molecule has 0 amide bonds. The third-order valence-electron chi connectivity index (χ3n) is 4.34. The van der Waals surface area contributed by atoms with E-state index in [0.717, 1.165) is 43.8 Å². The van der Waals surface area contributed by atoms with Crippen molar-refractivity contribution in [2.75, 3.05) is 6.67 Å². The maximum Gasteiger partial charge on any atom is 0.135 e. The Morgan fingerprint density at radius 3 is 2.65 bits per heavy atom. The average molecular weight is 298 g/mol. The van der Waals surface area contributed by atoms with E-state index in [1.54, 1.807) is 0 Å². The van der Waals surface area contributed by atoms with Crippen LogP contribution in [0.3, 0.4) is 0 Å². The maximum atomic E-state index is 5.92. The van der Waals surface area contributed by atoms with Crippen LogP contribution in [0.15, 0.2) is 76.1 Å². The summed E-state index contributed by atoms with van der Waals surface area (Å²) in [5.41, 5.74) is 4.13. The van der Waals surface area contributed by atoms with E-state index in [4.69, 9.17) is 4.42 Å². The number of nitrogens with zero attached hydrogens (tertiary/aromatic N) is 1. The second-order valence-electron chi connectivity index (χ2n) is 5.69. The molecule has 4 aromatic rings. The predicted molar refractivity (Wildman–Crippen MR) is 91.5 cm³/mol. The Labute approximate surface area is 132 Å². The minimum Gasteiger partial charge on any atom is -0.456 e. The molecule has 0 aliphatic carbocycles. The van der Waals surface area contributed by atoms with Gasteiger partial charge in [-0.1, -0.05) is 36.4 Å². The van der Waals surface area contributed by atoms with Crippen LogP contribution >= 0.6 is 0 Å². The predicted octanol–water partition coefficient (Wildman–Crippen LogP) is 2.92. The van der Waals surface area contributed by atoms with Gasteiger partial charge >= 0.3 is 0 Å². The molecule has 3 heteroatoms. The van der Waals surface area contributed by atoms with E-state index in [2.05, 4.69) is 40.6 Å². The highest BCUT2D eigenvalue weighted by Gasteiger charge is 2.11. The van der Waals surface area contributed by atoms with E-state index in [0.29, 0.717) is 6.67 Å². The van der Waals surface area contributed by atoms with Gasteiger partial charge in [0.05, 0.1) is 11.1 Å². The number of hydrogen-bond donors (Lipinski definition) is 1. The summed E-state index contributed by atoms with van der Waals surface area (Å²) in [7, 11) is 0. The SMILES string of the molecule is c1ccc2c(c1)=NCNC=2c1ccc2oc3ccccc3c2c1. The van der Waals surface area contributed by atoms with Gasteiger partial charge in [-0.05, 0) is 35.9 Å². The monoisotopic (exact) mass is 298 g/mol. The van der Waals surface area contributed by atoms with Crippen molar-refractivity contribution in [2.45, 2.75) is 0 Å². The highest BCUT2D eigenvalue weighted by molar-refractivity contribution is 6.05. The van der Waals surface area contributed by atoms with Crippen LogP contribution in [0.1, 0.15) is 5.56 Å². The number of rotatable bonds is 1. The topological polar surface area (TPSA) is 37.5 Å². The molecule has 0 bridgehead atoms. The molecule has 0 saturated carbocycles. The summed E-state index contributed by atoms with van der Waals surface area (Å²) in [6.45, 7) is 0.608. The first-order valence-corrected chi connectivity index (χ1v) is 7.69. The molecule has 5 rings (SSSR count). The van der Waals surface area contributed by atoms with Gasteiger partial charge in [-0.25, -0.2) is 0 Å². The molecular formula is C20H14N2O. The number of fused-ring (bicyclic) bond motifs is 4. The lowest BCUT2D eigenvalue weighted by atomic mass is 10.0. The van der Waals surface area contributed by atoms with Gasteiger partial charge in [0.1, 0.15) is 17.8 Å². The largest absolute Gasteiger partial charge is 0.456 e. The zero-order valence-electron chi connectivity index (χ0n) is 12.4. The van der Waals surface area contributed by atoms with E-state index in [9.17, 15) is 0 Å². The number of benzene rings is 3. The van der Waals surface area contributed by atoms with Crippen LogP contribution in [0.25, 0.3) is 27.6 Å². The first-order valence-electron chi connectivity index (χ1n) is 7.69. The van der Waals surface area contributed by atoms with Crippen LogP contribution in [-0.4, -0.2) is 6.67 Å². The van der Waals surface area contributed by atoms with Gasteiger partial charge in [0, 0.05) is 16.0 Å². The average Bonchev–Trinajstić information content (AvgIpc) is 2.99.